The van der Waals surface area contributed by atoms with Crippen molar-refractivity contribution in [2.75, 3.05) is 26.7 Å². The van der Waals surface area contributed by atoms with Crippen molar-refractivity contribution < 1.29 is 13.2 Å². The number of benzene rings is 1. The molecule has 5 nitrogen and oxygen atoms in total. The summed E-state index contributed by atoms with van der Waals surface area (Å²) in [5, 5.41) is 3.20. The van der Waals surface area contributed by atoms with Gasteiger partial charge in [-0.25, -0.2) is 8.42 Å². The SMILES string of the molecule is COc1c(C)cc(C)cc1S(=O)(=O)N1CCNC[C@H]1C. The number of aryl methyl sites for hydroxylation is 2. The molecule has 0 radical (unpaired) electrons. The van der Waals surface area contributed by atoms with Crippen molar-refractivity contribution in [3.05, 3.63) is 23.3 Å². The molecule has 0 bridgehead atoms. The zero-order chi connectivity index (χ0) is 14.9. The Morgan fingerprint density at radius 3 is 2.65 bits per heavy atom. The highest BCUT2D eigenvalue weighted by Gasteiger charge is 2.33. The minimum Gasteiger partial charge on any atom is -0.495 e. The van der Waals surface area contributed by atoms with Crippen LogP contribution in [0.2, 0.25) is 0 Å². The van der Waals surface area contributed by atoms with E-state index in [9.17, 15) is 8.42 Å². The summed E-state index contributed by atoms with van der Waals surface area (Å²) in [6.07, 6.45) is 0. The highest BCUT2D eigenvalue weighted by molar-refractivity contribution is 7.89. The van der Waals surface area contributed by atoms with Gasteiger partial charge in [0.05, 0.1) is 7.11 Å². The molecule has 1 N–H and O–H groups in total. The van der Waals surface area contributed by atoms with Crippen molar-refractivity contribution in [3.8, 4) is 5.75 Å². The van der Waals surface area contributed by atoms with Crippen LogP contribution in [0.5, 0.6) is 5.75 Å². The lowest BCUT2D eigenvalue weighted by Gasteiger charge is -2.33. The molecule has 0 amide bonds. The fourth-order valence-electron chi connectivity index (χ4n) is 2.67. The molecular weight excluding hydrogens is 276 g/mol. The number of nitrogens with one attached hydrogen (secondary N) is 1. The lowest BCUT2D eigenvalue weighted by atomic mass is 10.1. The Hall–Kier alpha value is -1.11. The molecule has 0 aromatic heterocycles. The topological polar surface area (TPSA) is 58.6 Å². The lowest BCUT2D eigenvalue weighted by Crippen LogP contribution is -2.52. The van der Waals surface area contributed by atoms with Gasteiger partial charge in [0.1, 0.15) is 10.6 Å². The third-order valence-corrected chi connectivity index (χ3v) is 5.63. The van der Waals surface area contributed by atoms with Gasteiger partial charge in [0.2, 0.25) is 10.0 Å². The summed E-state index contributed by atoms with van der Waals surface area (Å²) in [6, 6.07) is 3.56. The molecule has 0 unspecified atom stereocenters. The number of piperazine rings is 1. The second-order valence-corrected chi connectivity index (χ2v) is 7.14. The zero-order valence-electron chi connectivity index (χ0n) is 12.4. The number of ether oxygens (including phenoxy) is 1. The molecule has 0 saturated carbocycles. The first-order chi connectivity index (χ1) is 9.37. The number of sulfonamides is 1. The number of hydrogen-bond donors (Lipinski definition) is 1. The minimum absolute atomic E-state index is 0.0562. The maximum absolute atomic E-state index is 12.9. The molecule has 1 atom stereocenters. The van der Waals surface area contributed by atoms with Crippen molar-refractivity contribution in [2.45, 2.75) is 31.7 Å². The van der Waals surface area contributed by atoms with Crippen LogP contribution in [-0.4, -0.2) is 45.5 Å². The molecule has 1 aromatic rings. The Morgan fingerprint density at radius 1 is 1.35 bits per heavy atom. The van der Waals surface area contributed by atoms with Gasteiger partial charge >= 0.3 is 0 Å². The summed E-state index contributed by atoms with van der Waals surface area (Å²) in [5.41, 5.74) is 1.76. The van der Waals surface area contributed by atoms with Crippen molar-refractivity contribution in [3.63, 3.8) is 0 Å². The summed E-state index contributed by atoms with van der Waals surface area (Å²) in [7, 11) is -2.02. The van der Waals surface area contributed by atoms with E-state index >= 15 is 0 Å². The highest BCUT2D eigenvalue weighted by atomic mass is 32.2. The van der Waals surface area contributed by atoms with Crippen LogP contribution in [0, 0.1) is 13.8 Å². The van der Waals surface area contributed by atoms with Crippen molar-refractivity contribution in [2.24, 2.45) is 0 Å². The molecule has 1 heterocycles. The molecule has 1 aliphatic rings. The zero-order valence-corrected chi connectivity index (χ0v) is 13.3. The molecular formula is C14H22N2O3S. The molecule has 2 rings (SSSR count). The van der Waals surface area contributed by atoms with Crippen LogP contribution in [0.1, 0.15) is 18.1 Å². The molecule has 1 aromatic carbocycles. The van der Waals surface area contributed by atoms with E-state index in [1.807, 2.05) is 26.8 Å². The molecule has 0 aliphatic carbocycles. The average Bonchev–Trinajstić information content (AvgIpc) is 2.38. The first-order valence-corrected chi connectivity index (χ1v) is 8.19. The second kappa shape index (κ2) is 5.71. The maximum atomic E-state index is 12.9. The van der Waals surface area contributed by atoms with Crippen LogP contribution in [0.25, 0.3) is 0 Å². The number of hydrogen-bond acceptors (Lipinski definition) is 4. The summed E-state index contributed by atoms with van der Waals surface area (Å²) in [6.45, 7) is 7.51. The predicted octanol–water partition coefficient (Wildman–Crippen LogP) is 1.29. The van der Waals surface area contributed by atoms with Crippen molar-refractivity contribution in [1.29, 1.82) is 0 Å². The summed E-state index contributed by atoms with van der Waals surface area (Å²) in [5.74, 6) is 0.446. The Balaban J connectivity index is 2.54. The summed E-state index contributed by atoms with van der Waals surface area (Å²) >= 11 is 0. The van der Waals surface area contributed by atoms with Gasteiger partial charge in [-0.2, -0.15) is 4.31 Å². The Morgan fingerprint density at radius 2 is 2.05 bits per heavy atom. The van der Waals surface area contributed by atoms with Gasteiger partial charge in [0, 0.05) is 25.7 Å². The molecule has 1 aliphatic heterocycles. The van der Waals surface area contributed by atoms with Gasteiger partial charge in [-0.3, -0.25) is 0 Å². The van der Waals surface area contributed by atoms with Gasteiger partial charge in [0.15, 0.2) is 0 Å². The van der Waals surface area contributed by atoms with E-state index in [0.717, 1.165) is 11.1 Å². The fourth-order valence-corrected chi connectivity index (χ4v) is 4.62. The van der Waals surface area contributed by atoms with Crippen LogP contribution >= 0.6 is 0 Å². The lowest BCUT2D eigenvalue weighted by molar-refractivity contribution is 0.282. The first kappa shape index (κ1) is 15.3. The standard InChI is InChI=1S/C14H22N2O3S/c1-10-7-11(2)14(19-4)13(8-10)20(17,18)16-6-5-15-9-12(16)3/h7-8,12,15H,5-6,9H2,1-4H3/t12-/m1/s1. The fraction of sp³-hybridized carbons (Fsp3) is 0.571. The molecule has 6 heteroatoms. The van der Waals surface area contributed by atoms with E-state index < -0.39 is 10.0 Å². The third-order valence-electron chi connectivity index (χ3n) is 3.62. The second-order valence-electron chi connectivity index (χ2n) is 5.28. The maximum Gasteiger partial charge on any atom is 0.247 e. The minimum atomic E-state index is -3.53. The first-order valence-electron chi connectivity index (χ1n) is 6.75. The van der Waals surface area contributed by atoms with Gasteiger partial charge in [-0.15, -0.1) is 0 Å². The van der Waals surface area contributed by atoms with Gasteiger partial charge < -0.3 is 10.1 Å². The van der Waals surface area contributed by atoms with Crippen LogP contribution < -0.4 is 10.1 Å². The number of rotatable bonds is 3. The number of methoxy groups -OCH3 is 1. The largest absolute Gasteiger partial charge is 0.495 e. The normalized spacial score (nSPS) is 20.9. The van der Waals surface area contributed by atoms with Crippen molar-refractivity contribution in [1.82, 2.24) is 9.62 Å². The molecule has 0 spiro atoms. The van der Waals surface area contributed by atoms with E-state index in [-0.39, 0.29) is 10.9 Å². The van der Waals surface area contributed by atoms with Crippen molar-refractivity contribution >= 4 is 10.0 Å². The smallest absolute Gasteiger partial charge is 0.247 e. The van der Waals surface area contributed by atoms with Crippen LogP contribution in [0.4, 0.5) is 0 Å². The van der Waals surface area contributed by atoms with Crippen LogP contribution in [0.3, 0.4) is 0 Å². The van der Waals surface area contributed by atoms with E-state index in [4.69, 9.17) is 4.74 Å². The number of nitrogens with zero attached hydrogens (tertiary/aromatic N) is 1. The van der Waals surface area contributed by atoms with Gasteiger partial charge in [-0.05, 0) is 38.0 Å². The van der Waals surface area contributed by atoms with Gasteiger partial charge in [-0.1, -0.05) is 6.07 Å². The van der Waals surface area contributed by atoms with E-state index in [1.54, 1.807) is 10.4 Å². The summed E-state index contributed by atoms with van der Waals surface area (Å²) in [4.78, 5) is 0.270. The monoisotopic (exact) mass is 298 g/mol. The average molecular weight is 298 g/mol. The van der Waals surface area contributed by atoms with Crippen LogP contribution in [0.15, 0.2) is 17.0 Å². The molecule has 1 fully saturated rings. The molecule has 20 heavy (non-hydrogen) atoms. The third kappa shape index (κ3) is 2.68. The van der Waals surface area contributed by atoms with Crippen LogP contribution in [-0.2, 0) is 10.0 Å². The molecule has 112 valence electrons. The Bertz CT molecular complexity index is 599. The Kier molecular flexibility index (Phi) is 4.36. The predicted molar refractivity (Wildman–Crippen MR) is 78.7 cm³/mol. The van der Waals surface area contributed by atoms with Gasteiger partial charge in [0.25, 0.3) is 0 Å². The Labute approximate surface area is 121 Å². The van der Waals surface area contributed by atoms with E-state index in [2.05, 4.69) is 5.32 Å². The summed E-state index contributed by atoms with van der Waals surface area (Å²) < 4.78 is 32.7. The molecule has 1 saturated heterocycles. The highest BCUT2D eigenvalue weighted by Crippen LogP contribution is 2.32. The van der Waals surface area contributed by atoms with E-state index in [1.165, 1.54) is 7.11 Å². The van der Waals surface area contributed by atoms with E-state index in [0.29, 0.717) is 25.4 Å². The quantitative estimate of drug-likeness (QED) is 0.913.